The van der Waals surface area contributed by atoms with E-state index < -0.39 is 0 Å². The Morgan fingerprint density at radius 1 is 0.971 bits per heavy atom. The lowest BCUT2D eigenvalue weighted by atomic mass is 10.1. The number of aromatic nitrogens is 6. The molecule has 0 unspecified atom stereocenters. The fraction of sp³-hybridized carbons (Fsp3) is 0.240. The Labute approximate surface area is 196 Å². The molecule has 4 aromatic heterocycles. The second-order valence-electron chi connectivity index (χ2n) is 8.07. The first-order valence-corrected chi connectivity index (χ1v) is 11.1. The summed E-state index contributed by atoms with van der Waals surface area (Å²) in [5, 5.41) is 20.5. The number of aryl methyl sites for hydroxylation is 2. The Morgan fingerprint density at radius 3 is 2.65 bits per heavy atom. The third-order valence-corrected chi connectivity index (χ3v) is 5.36. The lowest BCUT2D eigenvalue weighted by molar-refractivity contribution is 0.284. The molecule has 0 aliphatic heterocycles. The lowest BCUT2D eigenvalue weighted by Gasteiger charge is -2.09. The van der Waals surface area contributed by atoms with Crippen molar-refractivity contribution in [3.05, 3.63) is 88.9 Å². The van der Waals surface area contributed by atoms with Gasteiger partial charge >= 0.3 is 0 Å². The van der Waals surface area contributed by atoms with Gasteiger partial charge in [0.05, 0.1) is 11.4 Å². The molecule has 0 amide bonds. The van der Waals surface area contributed by atoms with Gasteiger partial charge in [-0.1, -0.05) is 41.6 Å². The van der Waals surface area contributed by atoms with Gasteiger partial charge in [-0.15, -0.1) is 15.3 Å². The van der Waals surface area contributed by atoms with Crippen molar-refractivity contribution in [2.75, 3.05) is 6.54 Å². The van der Waals surface area contributed by atoms with E-state index in [4.69, 9.17) is 14.2 Å². The third kappa shape index (κ3) is 4.94. The first-order chi connectivity index (χ1) is 16.7. The second kappa shape index (κ2) is 9.80. The van der Waals surface area contributed by atoms with Gasteiger partial charge in [-0.25, -0.2) is 0 Å². The van der Waals surface area contributed by atoms with Gasteiger partial charge in [0.15, 0.2) is 11.3 Å². The summed E-state index contributed by atoms with van der Waals surface area (Å²) in [4.78, 5) is 4.71. The molecule has 0 atom stereocenters. The molecular weight excluding hydrogens is 430 g/mol. The van der Waals surface area contributed by atoms with Crippen LogP contribution in [0, 0.1) is 13.8 Å². The van der Waals surface area contributed by atoms with Crippen LogP contribution in [0.4, 0.5) is 0 Å². The van der Waals surface area contributed by atoms with Gasteiger partial charge in [-0.05, 0) is 44.5 Å². The molecule has 1 aromatic carbocycles. The predicted molar refractivity (Wildman–Crippen MR) is 126 cm³/mol. The zero-order chi connectivity index (χ0) is 23.3. The van der Waals surface area contributed by atoms with E-state index in [0.717, 1.165) is 29.9 Å². The van der Waals surface area contributed by atoms with Crippen molar-refractivity contribution in [1.82, 2.24) is 35.3 Å². The predicted octanol–water partition coefficient (Wildman–Crippen LogP) is 3.70. The van der Waals surface area contributed by atoms with Gasteiger partial charge in [-0.2, -0.15) is 4.52 Å². The van der Waals surface area contributed by atoms with Crippen molar-refractivity contribution >= 4 is 5.65 Å². The van der Waals surface area contributed by atoms with Gasteiger partial charge < -0.3 is 14.6 Å². The number of nitrogens with one attached hydrogen (secondary N) is 1. The molecule has 34 heavy (non-hydrogen) atoms. The van der Waals surface area contributed by atoms with Crippen molar-refractivity contribution in [1.29, 1.82) is 0 Å². The number of nitrogens with zero attached hydrogens (tertiary/aromatic N) is 6. The maximum Gasteiger partial charge on any atom is 0.232 e. The van der Waals surface area contributed by atoms with E-state index >= 15 is 0 Å². The molecule has 0 spiro atoms. The van der Waals surface area contributed by atoms with E-state index in [-0.39, 0.29) is 0 Å². The van der Waals surface area contributed by atoms with Crippen LogP contribution in [0.3, 0.4) is 0 Å². The van der Waals surface area contributed by atoms with Crippen molar-refractivity contribution in [3.63, 3.8) is 0 Å². The number of ether oxygens (including phenoxy) is 1. The maximum absolute atomic E-state index is 5.97. The minimum atomic E-state index is 0.302. The van der Waals surface area contributed by atoms with Crippen LogP contribution in [0.1, 0.15) is 28.3 Å². The second-order valence-corrected chi connectivity index (χ2v) is 8.07. The molecule has 1 N–H and O–H groups in total. The Morgan fingerprint density at radius 2 is 1.82 bits per heavy atom. The van der Waals surface area contributed by atoms with Gasteiger partial charge in [0.2, 0.25) is 11.7 Å². The average molecular weight is 456 g/mol. The average Bonchev–Trinajstić information content (AvgIpc) is 3.48. The van der Waals surface area contributed by atoms with E-state index in [9.17, 15) is 0 Å². The van der Waals surface area contributed by atoms with Crippen molar-refractivity contribution in [2.24, 2.45) is 0 Å². The molecule has 5 aromatic rings. The Bertz CT molecular complexity index is 1400. The van der Waals surface area contributed by atoms with E-state index in [2.05, 4.69) is 50.0 Å². The molecule has 0 aliphatic rings. The van der Waals surface area contributed by atoms with Gasteiger partial charge in [0, 0.05) is 24.2 Å². The van der Waals surface area contributed by atoms with Crippen LogP contribution in [0.2, 0.25) is 0 Å². The molecule has 0 radical (unpaired) electrons. The summed E-state index contributed by atoms with van der Waals surface area (Å²) < 4.78 is 12.8. The Hall–Kier alpha value is -4.11. The number of pyridine rings is 1. The molecule has 0 bridgehead atoms. The fourth-order valence-electron chi connectivity index (χ4n) is 3.65. The normalized spacial score (nSPS) is 11.2. The maximum atomic E-state index is 5.97. The summed E-state index contributed by atoms with van der Waals surface area (Å²) in [7, 11) is 0. The van der Waals surface area contributed by atoms with Crippen LogP contribution in [0.15, 0.2) is 65.2 Å². The molecule has 172 valence electrons. The van der Waals surface area contributed by atoms with Crippen LogP contribution >= 0.6 is 0 Å². The molecule has 4 heterocycles. The fourth-order valence-corrected chi connectivity index (χ4v) is 3.65. The highest BCUT2D eigenvalue weighted by Gasteiger charge is 2.16. The molecule has 0 aliphatic carbocycles. The molecule has 5 rings (SSSR count). The summed E-state index contributed by atoms with van der Waals surface area (Å²) in [6, 6.07) is 20.0. The van der Waals surface area contributed by atoms with E-state index in [1.807, 2.05) is 44.2 Å². The van der Waals surface area contributed by atoms with Crippen LogP contribution in [-0.2, 0) is 19.6 Å². The zero-order valence-electron chi connectivity index (χ0n) is 19.1. The smallest absolute Gasteiger partial charge is 0.232 e. The number of rotatable bonds is 9. The highest BCUT2D eigenvalue weighted by molar-refractivity contribution is 5.57. The van der Waals surface area contributed by atoms with Crippen LogP contribution in [0.25, 0.3) is 17.2 Å². The summed E-state index contributed by atoms with van der Waals surface area (Å²) >= 11 is 0. The molecular formula is C25H25N7O2. The summed E-state index contributed by atoms with van der Waals surface area (Å²) in [5.41, 5.74) is 5.23. The molecule has 0 saturated heterocycles. The summed E-state index contributed by atoms with van der Waals surface area (Å²) in [6.07, 6.45) is 0.982. The summed E-state index contributed by atoms with van der Waals surface area (Å²) in [6.45, 7) is 5.66. The lowest BCUT2D eigenvalue weighted by Crippen LogP contribution is -2.17. The first-order valence-electron chi connectivity index (χ1n) is 11.1. The van der Waals surface area contributed by atoms with Crippen molar-refractivity contribution in [2.45, 2.75) is 33.4 Å². The summed E-state index contributed by atoms with van der Waals surface area (Å²) in [5.74, 6) is 1.65. The van der Waals surface area contributed by atoms with Crippen molar-refractivity contribution < 1.29 is 9.26 Å². The third-order valence-electron chi connectivity index (χ3n) is 5.36. The SMILES string of the molecule is Cc1cc(-c2nnc3c(C)cc(OCc4cccc(CNCCc5ccccc5)n4)nn23)no1. The van der Waals surface area contributed by atoms with E-state index in [1.54, 1.807) is 10.6 Å². The number of hydrogen-bond acceptors (Lipinski definition) is 8. The van der Waals surface area contributed by atoms with Gasteiger partial charge in [0.1, 0.15) is 12.4 Å². The number of hydrogen-bond donors (Lipinski definition) is 1. The van der Waals surface area contributed by atoms with E-state index in [1.165, 1.54) is 5.56 Å². The van der Waals surface area contributed by atoms with Crippen LogP contribution in [-0.4, -0.2) is 36.5 Å². The molecule has 0 fully saturated rings. The van der Waals surface area contributed by atoms with E-state index in [0.29, 0.717) is 42.0 Å². The number of fused-ring (bicyclic) bond motifs is 1. The molecule has 9 heteroatoms. The largest absolute Gasteiger partial charge is 0.470 e. The molecule has 9 nitrogen and oxygen atoms in total. The monoisotopic (exact) mass is 455 g/mol. The minimum Gasteiger partial charge on any atom is -0.470 e. The van der Waals surface area contributed by atoms with Gasteiger partial charge in [-0.3, -0.25) is 4.98 Å². The first kappa shape index (κ1) is 21.7. The molecule has 0 saturated carbocycles. The number of benzene rings is 1. The highest BCUT2D eigenvalue weighted by atomic mass is 16.5. The van der Waals surface area contributed by atoms with Gasteiger partial charge in [0.25, 0.3) is 0 Å². The quantitative estimate of drug-likeness (QED) is 0.336. The highest BCUT2D eigenvalue weighted by Crippen LogP contribution is 2.21. The Balaban J connectivity index is 1.23. The zero-order valence-corrected chi connectivity index (χ0v) is 19.1. The topological polar surface area (TPSA) is 103 Å². The Kier molecular flexibility index (Phi) is 6.26. The van der Waals surface area contributed by atoms with Crippen LogP contribution in [0.5, 0.6) is 5.88 Å². The minimum absolute atomic E-state index is 0.302. The van der Waals surface area contributed by atoms with Crippen LogP contribution < -0.4 is 10.1 Å². The standard InChI is InChI=1S/C25H25N7O2/c1-17-13-23(30-32-24(17)28-29-25(32)22-14-18(2)34-31-22)33-16-21-10-6-9-20(27-21)15-26-12-11-19-7-4-3-5-8-19/h3-10,13-14,26H,11-12,15-16H2,1-2H3. The van der Waals surface area contributed by atoms with Crippen molar-refractivity contribution in [3.8, 4) is 17.4 Å².